The minimum atomic E-state index is -0.359. The zero-order chi connectivity index (χ0) is 33.7. The summed E-state index contributed by atoms with van der Waals surface area (Å²) < 4.78 is 9.61. The molecule has 6 nitrogen and oxygen atoms in total. The summed E-state index contributed by atoms with van der Waals surface area (Å²) in [4.78, 5) is 21.1. The highest BCUT2D eigenvalue weighted by Crippen LogP contribution is 2.60. The number of rotatable bonds is 25. The third kappa shape index (κ3) is 20.5. The van der Waals surface area contributed by atoms with E-state index in [0.29, 0.717) is 19.1 Å². The molecule has 0 aromatic heterocycles. The van der Waals surface area contributed by atoms with E-state index in [-0.39, 0.29) is 11.9 Å². The van der Waals surface area contributed by atoms with Crippen molar-refractivity contribution < 1.29 is 19.1 Å². The maximum Gasteiger partial charge on any atom is 0.330 e. The Morgan fingerprint density at radius 2 is 1.09 bits per heavy atom. The van der Waals surface area contributed by atoms with E-state index in [1.165, 1.54) is 147 Å². The fraction of sp³-hybridized carbons (Fsp3) is 0.850. The van der Waals surface area contributed by atoms with Crippen molar-refractivity contribution in [1.29, 1.82) is 0 Å². The van der Waals surface area contributed by atoms with Crippen molar-refractivity contribution in [2.75, 3.05) is 32.8 Å². The largest absolute Gasteiger partial charge is 0.463 e. The second-order valence-corrected chi connectivity index (χ2v) is 14.0. The molecule has 3 rings (SSSR count). The summed E-state index contributed by atoms with van der Waals surface area (Å²) in [5.74, 6) is 3.95. The van der Waals surface area contributed by atoms with Crippen LogP contribution in [-0.2, 0) is 19.1 Å². The number of nitrogens with one attached hydrogen (secondary N) is 1. The molecule has 46 heavy (non-hydrogen) atoms. The number of ether oxygens (including phenoxy) is 2. The van der Waals surface area contributed by atoms with E-state index in [1.54, 1.807) is 6.92 Å². The predicted octanol–water partition coefficient (Wildman–Crippen LogP) is 9.71. The zero-order valence-corrected chi connectivity index (χ0v) is 30.3. The molecule has 0 radical (unpaired) electrons. The van der Waals surface area contributed by atoms with Gasteiger partial charge in [0.15, 0.2) is 0 Å². The van der Waals surface area contributed by atoms with Crippen molar-refractivity contribution in [1.82, 2.24) is 5.32 Å². The Morgan fingerprint density at radius 3 is 1.50 bits per heavy atom. The van der Waals surface area contributed by atoms with E-state index in [1.807, 2.05) is 0 Å². The summed E-state index contributed by atoms with van der Waals surface area (Å²) in [7, 11) is 0. The molecule has 0 aromatic rings. The van der Waals surface area contributed by atoms with Crippen LogP contribution in [0.1, 0.15) is 155 Å². The summed E-state index contributed by atoms with van der Waals surface area (Å²) in [5, 5.41) is 3.46. The Morgan fingerprint density at radius 1 is 0.652 bits per heavy atom. The van der Waals surface area contributed by atoms with Gasteiger partial charge in [0.2, 0.25) is 0 Å². The van der Waals surface area contributed by atoms with Crippen LogP contribution in [-0.4, -0.2) is 44.8 Å². The van der Waals surface area contributed by atoms with E-state index < -0.39 is 0 Å². The molecule has 0 saturated heterocycles. The van der Waals surface area contributed by atoms with Crippen molar-refractivity contribution >= 4 is 11.9 Å². The van der Waals surface area contributed by atoms with Crippen LogP contribution in [0.15, 0.2) is 25.3 Å². The molecule has 0 amide bonds. The summed E-state index contributed by atoms with van der Waals surface area (Å²) in [5.41, 5.74) is 5.47. The van der Waals surface area contributed by atoms with Gasteiger partial charge < -0.3 is 20.5 Å². The quantitative estimate of drug-likeness (QED) is 0.0583. The molecule has 3 aliphatic rings. The first kappa shape index (κ1) is 42.4. The van der Waals surface area contributed by atoms with Gasteiger partial charge in [0.05, 0.1) is 13.2 Å². The first-order chi connectivity index (χ1) is 22.5. The molecule has 4 unspecified atom stereocenters. The zero-order valence-electron chi connectivity index (χ0n) is 30.3. The molecule has 0 aromatic carbocycles. The van der Waals surface area contributed by atoms with Crippen molar-refractivity contribution in [3.8, 4) is 0 Å². The highest BCUT2D eigenvalue weighted by molar-refractivity contribution is 5.81. The summed E-state index contributed by atoms with van der Waals surface area (Å²) in [6.07, 6.45) is 33.6. The van der Waals surface area contributed by atoms with E-state index in [0.717, 1.165) is 49.3 Å². The predicted molar refractivity (Wildman–Crippen MR) is 195 cm³/mol. The van der Waals surface area contributed by atoms with Gasteiger partial charge >= 0.3 is 11.9 Å². The van der Waals surface area contributed by atoms with E-state index in [9.17, 15) is 9.59 Å². The maximum absolute atomic E-state index is 11.0. The molecule has 3 fully saturated rings. The normalized spacial score (nSPS) is 22.2. The third-order valence-electron chi connectivity index (χ3n) is 10.3. The van der Waals surface area contributed by atoms with Gasteiger partial charge in [0.25, 0.3) is 0 Å². The molecule has 0 spiro atoms. The lowest BCUT2D eigenvalue weighted by molar-refractivity contribution is -0.139. The average molecular weight is 647 g/mol. The number of carbonyl (C=O) groups excluding carboxylic acids is 2. The number of carbonyl (C=O) groups is 2. The van der Waals surface area contributed by atoms with Crippen molar-refractivity contribution in [2.45, 2.75) is 155 Å². The molecule has 6 heteroatoms. The van der Waals surface area contributed by atoms with Gasteiger partial charge in [0, 0.05) is 12.2 Å². The second-order valence-electron chi connectivity index (χ2n) is 14.0. The standard InChI is InChI=1S/C21H46N2.C14H20O2.C5H8O2/c1-2-3-4-5-6-7-8-9-10-11-12-13-14-15-16-17-20-23-21-18-19-22;1-2-14(15)16-8-9-5-12-10-3-4-11(7-10)13(12)6-9;1-3-5(6)7-4-2/h23H,2-22H2,1H3;2,9-13H,1,3-8H2;3H,1,4H2,2H3. The van der Waals surface area contributed by atoms with Crippen LogP contribution in [0.5, 0.6) is 0 Å². The van der Waals surface area contributed by atoms with Gasteiger partial charge in [-0.25, -0.2) is 9.59 Å². The van der Waals surface area contributed by atoms with Gasteiger partial charge in [-0.2, -0.15) is 0 Å². The number of unbranched alkanes of at least 4 members (excludes halogenated alkanes) is 15. The Bertz CT molecular complexity index is 734. The third-order valence-corrected chi connectivity index (χ3v) is 10.3. The minimum absolute atomic E-state index is 0.264. The molecular weight excluding hydrogens is 572 g/mol. The van der Waals surface area contributed by atoms with E-state index in [2.05, 4.69) is 30.1 Å². The Balaban J connectivity index is 0.000000393. The van der Waals surface area contributed by atoms with Crippen molar-refractivity contribution in [3.05, 3.63) is 25.3 Å². The minimum Gasteiger partial charge on any atom is -0.463 e. The fourth-order valence-corrected chi connectivity index (χ4v) is 7.88. The van der Waals surface area contributed by atoms with Crippen LogP contribution < -0.4 is 11.1 Å². The number of hydrogen-bond acceptors (Lipinski definition) is 6. The molecule has 268 valence electrons. The van der Waals surface area contributed by atoms with Crippen molar-refractivity contribution in [3.63, 3.8) is 0 Å². The van der Waals surface area contributed by atoms with Crippen molar-refractivity contribution in [2.24, 2.45) is 35.3 Å². The van der Waals surface area contributed by atoms with Crippen LogP contribution in [0.2, 0.25) is 0 Å². The summed E-state index contributed by atoms with van der Waals surface area (Å²) in [6, 6.07) is 0. The Kier molecular flexibility index (Phi) is 27.1. The lowest BCUT2D eigenvalue weighted by Crippen LogP contribution is -2.19. The monoisotopic (exact) mass is 647 g/mol. The lowest BCUT2D eigenvalue weighted by Gasteiger charge is -2.23. The highest BCUT2D eigenvalue weighted by atomic mass is 16.5. The van der Waals surface area contributed by atoms with Crippen LogP contribution in [0.4, 0.5) is 0 Å². The van der Waals surface area contributed by atoms with Crippen LogP contribution in [0.25, 0.3) is 0 Å². The molecule has 3 aliphatic carbocycles. The summed E-state index contributed by atoms with van der Waals surface area (Å²) in [6.45, 7) is 14.8. The number of fused-ring (bicyclic) bond motifs is 5. The lowest BCUT2D eigenvalue weighted by atomic mass is 9.82. The molecule has 2 bridgehead atoms. The van der Waals surface area contributed by atoms with Gasteiger partial charge in [-0.3, -0.25) is 0 Å². The topological polar surface area (TPSA) is 90.7 Å². The Labute approximate surface area is 284 Å². The maximum atomic E-state index is 11.0. The van der Waals surface area contributed by atoms with E-state index in [4.69, 9.17) is 10.5 Å². The van der Waals surface area contributed by atoms with Gasteiger partial charge in [-0.1, -0.05) is 116 Å². The number of esters is 2. The van der Waals surface area contributed by atoms with E-state index >= 15 is 0 Å². The van der Waals surface area contributed by atoms with Gasteiger partial charge in [-0.15, -0.1) is 0 Å². The highest BCUT2D eigenvalue weighted by Gasteiger charge is 2.51. The number of hydrogen-bond donors (Lipinski definition) is 2. The molecule has 0 aliphatic heterocycles. The van der Waals surface area contributed by atoms with Gasteiger partial charge in [0.1, 0.15) is 0 Å². The molecular formula is C40H74N2O4. The first-order valence-electron chi connectivity index (χ1n) is 19.5. The smallest absolute Gasteiger partial charge is 0.330 e. The molecule has 3 saturated carbocycles. The first-order valence-corrected chi connectivity index (χ1v) is 19.5. The fourth-order valence-electron chi connectivity index (χ4n) is 7.88. The summed E-state index contributed by atoms with van der Waals surface area (Å²) >= 11 is 0. The SMILES string of the molecule is C=CC(=O)OCC.C=CC(=O)OCC1CC2C3CCC(C3)C2C1.CCCCCCCCCCCCCCCCCCNCCCN. The number of nitrogens with two attached hydrogens (primary N) is 1. The molecule has 3 N–H and O–H groups in total. The average Bonchev–Trinajstić information content (AvgIpc) is 3.80. The van der Waals surface area contributed by atoms with Crippen LogP contribution in [0.3, 0.4) is 0 Å². The molecule has 0 heterocycles. The van der Waals surface area contributed by atoms with Crippen LogP contribution >= 0.6 is 0 Å². The van der Waals surface area contributed by atoms with Crippen LogP contribution in [0, 0.1) is 29.6 Å². The Hall–Kier alpha value is -1.66. The van der Waals surface area contributed by atoms with Gasteiger partial charge in [-0.05, 0) is 101 Å². The molecule has 4 atom stereocenters. The second kappa shape index (κ2) is 29.5.